The van der Waals surface area contributed by atoms with Gasteiger partial charge in [-0.2, -0.15) is 4.98 Å². The molecule has 0 aliphatic carbocycles. The number of benzene rings is 1. The van der Waals surface area contributed by atoms with Crippen LogP contribution >= 0.6 is 8.53 Å². The van der Waals surface area contributed by atoms with E-state index in [1.54, 1.807) is 55.2 Å². The van der Waals surface area contributed by atoms with Crippen LogP contribution in [-0.2, 0) is 45.9 Å². The highest BCUT2D eigenvalue weighted by molar-refractivity contribution is 7.44. The van der Waals surface area contributed by atoms with Crippen molar-refractivity contribution in [1.29, 1.82) is 0 Å². The van der Waals surface area contributed by atoms with Crippen molar-refractivity contribution in [3.63, 3.8) is 0 Å². The number of nitrogens with one attached hydrogen (secondary N) is 2. The third-order valence-corrected chi connectivity index (χ3v) is 14.0. The Labute approximate surface area is 369 Å². The molecule has 4 fully saturated rings. The lowest BCUT2D eigenvalue weighted by Gasteiger charge is -2.38. The van der Waals surface area contributed by atoms with Crippen LogP contribution in [0.5, 0.6) is 0 Å². The van der Waals surface area contributed by atoms with Crippen molar-refractivity contribution in [2.24, 2.45) is 0 Å². The molecule has 0 spiro atoms. The smallest absolute Gasteiger partial charge is 0.351 e. The van der Waals surface area contributed by atoms with Gasteiger partial charge in [-0.3, -0.25) is 23.7 Å². The fourth-order valence-electron chi connectivity index (χ4n) is 8.82. The first-order valence-corrected chi connectivity index (χ1v) is 22.4. The van der Waals surface area contributed by atoms with E-state index in [2.05, 4.69) is 35.1 Å². The van der Waals surface area contributed by atoms with Crippen molar-refractivity contribution in [2.45, 2.75) is 128 Å². The number of H-pyrrole nitrogens is 1. The summed E-state index contributed by atoms with van der Waals surface area (Å²) in [4.78, 5) is 61.8. The van der Waals surface area contributed by atoms with Crippen LogP contribution in [0.1, 0.15) is 80.7 Å². The highest BCUT2D eigenvalue weighted by Crippen LogP contribution is 2.55. The predicted molar refractivity (Wildman–Crippen MR) is 229 cm³/mol. The van der Waals surface area contributed by atoms with Crippen LogP contribution in [0, 0.1) is 20.4 Å². The second kappa shape index (κ2) is 18.5. The molecule has 3 unspecified atom stereocenters. The van der Waals surface area contributed by atoms with E-state index in [0.29, 0.717) is 28.8 Å². The van der Waals surface area contributed by atoms with Crippen LogP contribution < -0.4 is 22.3 Å². The molecular formula is C42H53N10O11P. The molecule has 2 N–H and O–H groups in total. The highest BCUT2D eigenvalue weighted by Gasteiger charge is 2.65. The van der Waals surface area contributed by atoms with E-state index in [1.165, 1.54) is 15.3 Å². The van der Waals surface area contributed by atoms with E-state index in [-0.39, 0.29) is 63.3 Å². The van der Waals surface area contributed by atoms with E-state index >= 15 is 0 Å². The van der Waals surface area contributed by atoms with E-state index in [0.717, 1.165) is 0 Å². The van der Waals surface area contributed by atoms with Crippen LogP contribution in [0.25, 0.3) is 4.85 Å². The average molecular weight is 905 g/mol. The minimum atomic E-state index is -1.75. The Kier molecular flexibility index (Phi) is 13.1. The summed E-state index contributed by atoms with van der Waals surface area (Å²) in [6.45, 7) is 21.5. The molecule has 4 aliphatic rings. The third-order valence-electron chi connectivity index (χ3n) is 11.9. The molecule has 8 rings (SSSR count). The number of nitrogens with zero attached hydrogens (tertiary/aromatic N) is 8. The molecule has 3 aromatic heterocycles. The summed E-state index contributed by atoms with van der Waals surface area (Å²) in [6, 6.07) is 8.69. The fraction of sp³-hybridized carbons (Fsp3) is 0.571. The topological polar surface area (TPSA) is 222 Å². The van der Waals surface area contributed by atoms with Gasteiger partial charge in [-0.1, -0.05) is 30.3 Å². The van der Waals surface area contributed by atoms with Gasteiger partial charge in [0, 0.05) is 41.2 Å². The van der Waals surface area contributed by atoms with E-state index < -0.39 is 73.5 Å². The number of carbonyl (C=O) groups excluding carboxylic acids is 1. The van der Waals surface area contributed by atoms with Crippen LogP contribution in [-0.4, -0.2) is 119 Å². The van der Waals surface area contributed by atoms with Crippen LogP contribution in [0.15, 0.2) is 63.3 Å². The van der Waals surface area contributed by atoms with Gasteiger partial charge in [-0.05, 0) is 60.1 Å². The first-order chi connectivity index (χ1) is 30.7. The number of anilines is 1. The number of amides is 1. The summed E-state index contributed by atoms with van der Waals surface area (Å²) in [5, 5.41) is 11.6. The molecule has 21 nitrogen and oxygen atoms in total. The van der Waals surface area contributed by atoms with E-state index in [9.17, 15) is 19.2 Å². The number of fused-ring (bicyclic) bond motifs is 4. The van der Waals surface area contributed by atoms with Gasteiger partial charge in [0.1, 0.15) is 53.7 Å². The third kappa shape index (κ3) is 8.62. The van der Waals surface area contributed by atoms with Crippen molar-refractivity contribution in [2.75, 3.05) is 31.7 Å². The van der Waals surface area contributed by atoms with Gasteiger partial charge in [0.05, 0.1) is 32.6 Å². The number of rotatable bonds is 18. The molecule has 9 atom stereocenters. The summed E-state index contributed by atoms with van der Waals surface area (Å²) in [5.74, 6) is -0.239. The quantitative estimate of drug-likeness (QED) is 0.0832. The summed E-state index contributed by atoms with van der Waals surface area (Å²) in [6.07, 6.45) is 0.692. The van der Waals surface area contributed by atoms with Crippen molar-refractivity contribution in [1.82, 2.24) is 38.8 Å². The van der Waals surface area contributed by atoms with Gasteiger partial charge in [0.25, 0.3) is 20.0 Å². The Balaban J connectivity index is 1.01. The molecule has 64 heavy (non-hydrogen) atoms. The lowest BCUT2D eigenvalue weighted by molar-refractivity contribution is -0.180. The molecule has 4 bridgehead atoms. The number of carbonyl (C=O) groups is 1. The first-order valence-electron chi connectivity index (χ1n) is 21.3. The minimum absolute atomic E-state index is 0.0174. The first kappa shape index (κ1) is 45.6. The number of aryl methyl sites for hydroxylation is 2. The zero-order chi connectivity index (χ0) is 45.5. The minimum Gasteiger partial charge on any atom is -0.368 e. The van der Waals surface area contributed by atoms with Crippen molar-refractivity contribution in [3.05, 3.63) is 114 Å². The standard InChI is InChI=1S/C42H53N10O11P/c1-9-41-22-58-30(37(61-41)50-17-26(6)34(45-39(50)55)44-36(54)28-13-11-10-12-14-28)32(41)57-20-29-19-49(48-47-29)21-42-23-59-31(38(62-42)51-18-27(7)35(53)46-40(51)56)33(42)63-64(60-16-15-43-8)52(24(2)3)25(4)5/h10-14,17-19,24-25,30-33,37-38H,9,15-16,20-23H2,1-7H3,(H,46,53,56)(H,44,45,54,55)/t30-,31-,32?,33?,37+,38+,41-,42-,64?/m0/s1. The highest BCUT2D eigenvalue weighted by atomic mass is 31.2. The zero-order valence-electron chi connectivity index (χ0n) is 36.7. The SMILES string of the molecule is [C-]#[N+]CCOP(OC1[C@@H]2OC[C@]1(Cn1cc(COC3[C@@H]4OC[C@]3(CC)O[C@H]4n3cc(C)c(NC(=O)c4ccccc4)nc3=O)nn1)O[C@H]2n1cc(C)c(=O)[nH]c1=O)N(C(C)C)C(C)C. The maximum atomic E-state index is 13.5. The lowest BCUT2D eigenvalue weighted by Crippen LogP contribution is -2.46. The largest absolute Gasteiger partial charge is 0.368 e. The van der Waals surface area contributed by atoms with Gasteiger partial charge < -0.3 is 42.9 Å². The Hall–Kier alpha value is -5.01. The molecule has 1 aromatic carbocycles. The van der Waals surface area contributed by atoms with Gasteiger partial charge in [-0.15, -0.1) is 5.10 Å². The second-order valence-electron chi connectivity index (χ2n) is 17.0. The van der Waals surface area contributed by atoms with Gasteiger partial charge in [-0.25, -0.2) is 25.5 Å². The molecule has 0 saturated carbocycles. The van der Waals surface area contributed by atoms with E-state index in [1.807, 2.05) is 40.7 Å². The lowest BCUT2D eigenvalue weighted by atomic mass is 9.96. The van der Waals surface area contributed by atoms with Crippen molar-refractivity contribution < 1.29 is 37.5 Å². The Morgan fingerprint density at radius 3 is 2.36 bits per heavy atom. The Morgan fingerprint density at radius 2 is 1.66 bits per heavy atom. The monoisotopic (exact) mass is 904 g/mol. The normalized spacial score (nSPS) is 27.5. The molecule has 4 aliphatic heterocycles. The summed E-state index contributed by atoms with van der Waals surface area (Å²) in [5.41, 5.74) is -2.04. The molecule has 342 valence electrons. The molecule has 4 saturated heterocycles. The Bertz CT molecular complexity index is 2550. The summed E-state index contributed by atoms with van der Waals surface area (Å²) in [7, 11) is -1.75. The molecule has 22 heteroatoms. The molecule has 7 heterocycles. The average Bonchev–Trinajstić information content (AvgIpc) is 4.08. The maximum absolute atomic E-state index is 13.5. The van der Waals surface area contributed by atoms with Crippen LogP contribution in [0.4, 0.5) is 5.82 Å². The number of aromatic nitrogens is 7. The van der Waals surface area contributed by atoms with Gasteiger partial charge >= 0.3 is 11.4 Å². The number of aromatic amines is 1. The summed E-state index contributed by atoms with van der Waals surface area (Å²) < 4.78 is 52.0. The van der Waals surface area contributed by atoms with Crippen molar-refractivity contribution >= 4 is 20.3 Å². The summed E-state index contributed by atoms with van der Waals surface area (Å²) >= 11 is 0. The second-order valence-corrected chi connectivity index (χ2v) is 18.4. The molecule has 1 amide bonds. The Morgan fingerprint density at radius 1 is 0.984 bits per heavy atom. The maximum Gasteiger partial charge on any atom is 0.351 e. The van der Waals surface area contributed by atoms with Crippen molar-refractivity contribution in [3.8, 4) is 0 Å². The molecule has 4 aromatic rings. The molecule has 0 radical (unpaired) electrons. The van der Waals surface area contributed by atoms with Gasteiger partial charge in [0.2, 0.25) is 6.54 Å². The predicted octanol–water partition coefficient (Wildman–Crippen LogP) is 3.25. The van der Waals surface area contributed by atoms with Gasteiger partial charge in [0.15, 0.2) is 12.5 Å². The zero-order valence-corrected chi connectivity index (χ0v) is 37.6. The number of ether oxygens (including phenoxy) is 5. The van der Waals surface area contributed by atoms with E-state index in [4.69, 9.17) is 39.3 Å². The molecular weight excluding hydrogens is 851 g/mol. The fourth-order valence-corrected chi connectivity index (χ4v) is 10.6. The van der Waals surface area contributed by atoms with Crippen LogP contribution in [0.3, 0.4) is 0 Å². The van der Waals surface area contributed by atoms with Crippen LogP contribution in [0.2, 0.25) is 0 Å². The number of hydrogen-bond donors (Lipinski definition) is 2. The number of hydrogen-bond acceptors (Lipinski definition) is 15.